The van der Waals surface area contributed by atoms with Gasteiger partial charge in [0, 0.05) is 45.1 Å². The fourth-order valence-electron chi connectivity index (χ4n) is 11.1. The average Bonchev–Trinajstić information content (AvgIpc) is 3.93. The molecule has 282 valence electrons. The summed E-state index contributed by atoms with van der Waals surface area (Å²) in [6.07, 6.45) is 9.12. The van der Waals surface area contributed by atoms with Crippen molar-refractivity contribution < 1.29 is 9.53 Å². The van der Waals surface area contributed by atoms with E-state index < -0.39 is 0 Å². The van der Waals surface area contributed by atoms with Crippen LogP contribution in [0, 0.1) is 5.92 Å². The van der Waals surface area contributed by atoms with Crippen LogP contribution in [0.25, 0.3) is 38.6 Å². The Morgan fingerprint density at radius 3 is 2.15 bits per heavy atom. The predicted octanol–water partition coefficient (Wildman–Crippen LogP) is 13.7. The minimum atomic E-state index is -0.388. The van der Waals surface area contributed by atoms with E-state index >= 15 is 0 Å². The van der Waals surface area contributed by atoms with E-state index in [0.717, 1.165) is 56.1 Å². The fourth-order valence-corrected chi connectivity index (χ4v) is 11.1. The van der Waals surface area contributed by atoms with Crippen molar-refractivity contribution in [1.82, 2.24) is 4.57 Å². The highest BCUT2D eigenvalue weighted by Crippen LogP contribution is 2.65. The van der Waals surface area contributed by atoms with Crippen LogP contribution in [-0.2, 0) is 5.41 Å². The molecule has 1 aliphatic heterocycles. The first-order valence-electron chi connectivity index (χ1n) is 20.7. The van der Waals surface area contributed by atoms with E-state index in [9.17, 15) is 4.79 Å². The van der Waals surface area contributed by atoms with E-state index in [1.807, 2.05) is 30.3 Å². The molecular weight excluding hydrogens is 733 g/mol. The molecule has 3 unspecified atom stereocenters. The van der Waals surface area contributed by atoms with Gasteiger partial charge in [0.15, 0.2) is 17.3 Å². The molecule has 0 radical (unpaired) electrons. The molecule has 0 saturated heterocycles. The first-order valence-corrected chi connectivity index (χ1v) is 20.7. The minimum Gasteiger partial charge on any atom is -0.453 e. The zero-order chi connectivity index (χ0) is 39.5. The third kappa shape index (κ3) is 4.37. The number of allylic oxidation sites excluding steroid dienone is 4. The smallest absolute Gasteiger partial charge is 0.193 e. The van der Waals surface area contributed by atoms with Crippen LogP contribution in [0.1, 0.15) is 44.1 Å². The number of fused-ring (bicyclic) bond motifs is 16. The van der Waals surface area contributed by atoms with Crippen LogP contribution in [0.2, 0.25) is 0 Å². The lowest BCUT2D eigenvalue weighted by Crippen LogP contribution is -2.33. The molecule has 9 aromatic rings. The van der Waals surface area contributed by atoms with Crippen molar-refractivity contribution in [3.8, 4) is 28.3 Å². The Hall–Kier alpha value is -7.69. The third-order valence-corrected chi connectivity index (χ3v) is 13.5. The first-order chi connectivity index (χ1) is 29.7. The second kappa shape index (κ2) is 12.4. The number of carbonyl (C=O) groups is 1. The molecular formula is C56H36N2O2. The molecule has 4 aliphatic rings. The summed E-state index contributed by atoms with van der Waals surface area (Å²) in [6, 6.07) is 63.8. The van der Waals surface area contributed by atoms with E-state index in [1.54, 1.807) is 0 Å². The molecule has 4 heteroatoms. The molecule has 13 rings (SSSR count). The van der Waals surface area contributed by atoms with Crippen molar-refractivity contribution in [2.75, 3.05) is 4.90 Å². The van der Waals surface area contributed by atoms with Gasteiger partial charge in [-0.25, -0.2) is 0 Å². The number of rotatable bonds is 4. The van der Waals surface area contributed by atoms with Gasteiger partial charge in [0.1, 0.15) is 0 Å². The van der Waals surface area contributed by atoms with E-state index in [-0.39, 0.29) is 23.0 Å². The van der Waals surface area contributed by atoms with Crippen molar-refractivity contribution in [3.63, 3.8) is 0 Å². The van der Waals surface area contributed by atoms with Crippen molar-refractivity contribution in [2.45, 2.75) is 11.3 Å². The summed E-state index contributed by atoms with van der Waals surface area (Å²) in [4.78, 5) is 17.0. The average molecular weight is 769 g/mol. The van der Waals surface area contributed by atoms with Crippen LogP contribution in [0.4, 0.5) is 17.1 Å². The normalized spacial score (nSPS) is 18.8. The number of anilines is 3. The SMILES string of the molecule is O=C(c1ccc(N2c3ccccc3Oc3ccc4c(c32)c2ccccc2n4-c2ccccc2)cc1)c1ccc2c(c1)C1(c3ccccc3-2)c2ccccc2C2C=CC=CC21. The van der Waals surface area contributed by atoms with E-state index in [0.29, 0.717) is 11.1 Å². The van der Waals surface area contributed by atoms with Crippen LogP contribution in [0.3, 0.4) is 0 Å². The van der Waals surface area contributed by atoms with Crippen LogP contribution < -0.4 is 9.64 Å². The molecule has 8 aromatic carbocycles. The van der Waals surface area contributed by atoms with E-state index in [2.05, 4.69) is 185 Å². The van der Waals surface area contributed by atoms with Crippen LogP contribution >= 0.6 is 0 Å². The number of aromatic nitrogens is 1. The number of carbonyl (C=O) groups excluding carboxylic acids is 1. The third-order valence-electron chi connectivity index (χ3n) is 13.5. The van der Waals surface area contributed by atoms with Crippen molar-refractivity contribution in [2.24, 2.45) is 5.92 Å². The molecule has 1 aromatic heterocycles. The van der Waals surface area contributed by atoms with Gasteiger partial charge in [0.05, 0.1) is 27.8 Å². The first kappa shape index (κ1) is 33.3. The highest BCUT2D eigenvalue weighted by atomic mass is 16.5. The highest BCUT2D eigenvalue weighted by molar-refractivity contribution is 6.19. The molecule has 0 bridgehead atoms. The minimum absolute atomic E-state index is 0.00784. The lowest BCUT2D eigenvalue weighted by molar-refractivity contribution is 0.103. The van der Waals surface area contributed by atoms with Crippen molar-refractivity contribution in [1.29, 1.82) is 0 Å². The summed E-state index contributed by atoms with van der Waals surface area (Å²) < 4.78 is 8.99. The van der Waals surface area contributed by atoms with Gasteiger partial charge in [0.25, 0.3) is 0 Å². The fraction of sp³-hybridized carbons (Fsp3) is 0.0536. The lowest BCUT2D eigenvalue weighted by atomic mass is 9.65. The molecule has 1 spiro atoms. The molecule has 60 heavy (non-hydrogen) atoms. The summed E-state index contributed by atoms with van der Waals surface area (Å²) in [7, 11) is 0. The molecule has 3 aliphatic carbocycles. The Kier molecular flexibility index (Phi) is 6.89. The largest absolute Gasteiger partial charge is 0.453 e. The number of para-hydroxylation sites is 4. The predicted molar refractivity (Wildman–Crippen MR) is 242 cm³/mol. The van der Waals surface area contributed by atoms with Crippen molar-refractivity contribution in [3.05, 3.63) is 240 Å². The molecule has 0 fully saturated rings. The van der Waals surface area contributed by atoms with Gasteiger partial charge >= 0.3 is 0 Å². The summed E-state index contributed by atoms with van der Waals surface area (Å²) in [6.45, 7) is 0. The number of nitrogens with zero attached hydrogens (tertiary/aromatic N) is 2. The van der Waals surface area contributed by atoms with Crippen LogP contribution in [-0.4, -0.2) is 10.4 Å². The molecule has 2 heterocycles. The summed E-state index contributed by atoms with van der Waals surface area (Å²) in [5.41, 5.74) is 14.8. The van der Waals surface area contributed by atoms with E-state index in [4.69, 9.17) is 4.74 Å². The van der Waals surface area contributed by atoms with Gasteiger partial charge in [-0.05, 0) is 106 Å². The number of benzene rings is 8. The van der Waals surface area contributed by atoms with E-state index in [1.165, 1.54) is 33.4 Å². The highest BCUT2D eigenvalue weighted by Gasteiger charge is 2.57. The summed E-state index contributed by atoms with van der Waals surface area (Å²) in [5.74, 6) is 2.05. The van der Waals surface area contributed by atoms with Gasteiger partial charge in [-0.2, -0.15) is 0 Å². The Balaban J connectivity index is 0.943. The van der Waals surface area contributed by atoms with Crippen LogP contribution in [0.5, 0.6) is 11.5 Å². The molecule has 0 saturated carbocycles. The number of ether oxygens (including phenoxy) is 1. The van der Waals surface area contributed by atoms with Crippen LogP contribution in [0.15, 0.2) is 206 Å². The Morgan fingerprint density at radius 2 is 1.25 bits per heavy atom. The zero-order valence-electron chi connectivity index (χ0n) is 32.5. The van der Waals surface area contributed by atoms with Gasteiger partial charge in [-0.1, -0.05) is 133 Å². The number of ketones is 1. The standard InChI is InChI=1S/C56H36N2O2/c59-55(36-28-31-42-41-18-6-10-22-46(41)56(47(42)34-36)44-20-8-4-16-39(44)40-17-5-9-21-45(40)56)35-26-29-38(30-27-35)58-49-24-12-13-25-51(49)60-52-33-32-50-53(54(52)58)43-19-7-11-23-48(43)57(50)37-14-2-1-3-15-37/h1-34,39,44H. The molecule has 3 atom stereocenters. The number of hydrogen-bond donors (Lipinski definition) is 0. The lowest BCUT2D eigenvalue weighted by Gasteiger charge is -2.36. The number of hydrogen-bond acceptors (Lipinski definition) is 3. The second-order valence-electron chi connectivity index (χ2n) is 16.3. The topological polar surface area (TPSA) is 34.5 Å². The van der Waals surface area contributed by atoms with Gasteiger partial charge < -0.3 is 14.2 Å². The second-order valence-corrected chi connectivity index (χ2v) is 16.3. The quantitative estimate of drug-likeness (QED) is 0.167. The maximum atomic E-state index is 14.7. The Bertz CT molecular complexity index is 3340. The van der Waals surface area contributed by atoms with Gasteiger partial charge in [0.2, 0.25) is 0 Å². The van der Waals surface area contributed by atoms with Gasteiger partial charge in [-0.15, -0.1) is 0 Å². The maximum absolute atomic E-state index is 14.7. The molecule has 0 amide bonds. The molecule has 4 nitrogen and oxygen atoms in total. The summed E-state index contributed by atoms with van der Waals surface area (Å²) in [5, 5.41) is 2.24. The zero-order valence-corrected chi connectivity index (χ0v) is 32.5. The maximum Gasteiger partial charge on any atom is 0.193 e. The van der Waals surface area contributed by atoms with Gasteiger partial charge in [-0.3, -0.25) is 4.79 Å². The Labute approximate surface area is 347 Å². The Morgan fingerprint density at radius 1 is 0.533 bits per heavy atom. The molecule has 0 N–H and O–H groups in total. The monoisotopic (exact) mass is 768 g/mol. The van der Waals surface area contributed by atoms with Crippen molar-refractivity contribution >= 4 is 44.7 Å². The summed E-state index contributed by atoms with van der Waals surface area (Å²) >= 11 is 0.